The molecule has 0 aromatic carbocycles. The summed E-state index contributed by atoms with van der Waals surface area (Å²) in [5.74, 6) is -0.160. The molecule has 0 fully saturated rings. The molecule has 82 valence electrons. The third-order valence-electron chi connectivity index (χ3n) is 1.15. The van der Waals surface area contributed by atoms with Crippen LogP contribution in [0.4, 0.5) is 5.00 Å². The molecule has 7 nitrogen and oxygen atoms in total. The van der Waals surface area contributed by atoms with Gasteiger partial charge >= 0.3 is 5.00 Å². The minimum Gasteiger partial charge on any atom is -0.369 e. The van der Waals surface area contributed by atoms with E-state index in [1.54, 1.807) is 6.07 Å². The van der Waals surface area contributed by atoms with Crippen LogP contribution in [0.3, 0.4) is 0 Å². The summed E-state index contributed by atoms with van der Waals surface area (Å²) < 4.78 is 0. The van der Waals surface area contributed by atoms with Gasteiger partial charge in [0, 0.05) is 6.07 Å². The van der Waals surface area contributed by atoms with Crippen LogP contribution in [-0.4, -0.2) is 17.1 Å². The molecular formula is C6H8ClN5O2S. The summed E-state index contributed by atoms with van der Waals surface area (Å²) in [6, 6.07) is 2.95. The Kier molecular flexibility index (Phi) is 5.27. The van der Waals surface area contributed by atoms with E-state index in [2.05, 4.69) is 10.2 Å². The van der Waals surface area contributed by atoms with Crippen molar-refractivity contribution in [1.29, 1.82) is 0 Å². The lowest BCUT2D eigenvalue weighted by Crippen LogP contribution is -2.21. The topological polar surface area (TPSA) is 120 Å². The second-order valence-electron chi connectivity index (χ2n) is 2.20. The Morgan fingerprint density at radius 3 is 2.67 bits per heavy atom. The summed E-state index contributed by atoms with van der Waals surface area (Å²) in [5.41, 5.74) is 10.0. The van der Waals surface area contributed by atoms with E-state index in [1.807, 2.05) is 0 Å². The fraction of sp³-hybridized carbons (Fsp3) is 0. The van der Waals surface area contributed by atoms with E-state index in [0.717, 1.165) is 11.3 Å². The molecule has 0 amide bonds. The normalized spacial score (nSPS) is 9.60. The van der Waals surface area contributed by atoms with Crippen LogP contribution in [0.15, 0.2) is 22.3 Å². The quantitative estimate of drug-likeness (QED) is 0.354. The van der Waals surface area contributed by atoms with E-state index < -0.39 is 4.92 Å². The molecule has 0 saturated heterocycles. The molecule has 0 aliphatic heterocycles. The number of halogens is 1. The van der Waals surface area contributed by atoms with Gasteiger partial charge in [0.15, 0.2) is 0 Å². The number of hydrogen-bond acceptors (Lipinski definition) is 5. The van der Waals surface area contributed by atoms with Crippen LogP contribution in [0.25, 0.3) is 0 Å². The molecule has 0 unspecified atom stereocenters. The molecule has 1 aromatic rings. The van der Waals surface area contributed by atoms with Crippen molar-refractivity contribution in [2.24, 2.45) is 21.7 Å². The highest BCUT2D eigenvalue weighted by Gasteiger charge is 2.07. The average Bonchev–Trinajstić information content (AvgIpc) is 2.52. The van der Waals surface area contributed by atoms with Gasteiger partial charge in [-0.2, -0.15) is 5.10 Å². The number of nitro groups is 1. The van der Waals surface area contributed by atoms with Gasteiger partial charge in [0.05, 0.1) is 16.0 Å². The molecule has 4 N–H and O–H groups in total. The van der Waals surface area contributed by atoms with Crippen molar-refractivity contribution < 1.29 is 4.92 Å². The summed E-state index contributed by atoms with van der Waals surface area (Å²) >= 11 is 0.993. The number of thiophene rings is 1. The lowest BCUT2D eigenvalue weighted by atomic mass is 10.5. The molecule has 1 aromatic heterocycles. The molecule has 0 bridgehead atoms. The Morgan fingerprint density at radius 1 is 1.53 bits per heavy atom. The molecule has 0 spiro atoms. The summed E-state index contributed by atoms with van der Waals surface area (Å²) in [6.07, 6.45) is 1.34. The number of guanidine groups is 1. The molecule has 9 heteroatoms. The molecule has 1 rings (SSSR count). The van der Waals surface area contributed by atoms with Crippen molar-refractivity contribution >= 4 is 40.9 Å². The van der Waals surface area contributed by atoms with E-state index >= 15 is 0 Å². The Hall–Kier alpha value is -1.67. The van der Waals surface area contributed by atoms with Gasteiger partial charge in [-0.05, 0) is 6.07 Å². The third kappa shape index (κ3) is 4.38. The molecular weight excluding hydrogens is 242 g/mol. The van der Waals surface area contributed by atoms with E-state index in [9.17, 15) is 10.1 Å². The first-order valence-electron chi connectivity index (χ1n) is 3.46. The first kappa shape index (κ1) is 13.3. The highest BCUT2D eigenvalue weighted by atomic mass is 35.5. The van der Waals surface area contributed by atoms with Crippen molar-refractivity contribution in [3.63, 3.8) is 0 Å². The maximum atomic E-state index is 10.3. The molecule has 0 aliphatic rings. The van der Waals surface area contributed by atoms with Gasteiger partial charge in [-0.1, -0.05) is 11.3 Å². The third-order valence-corrected chi connectivity index (χ3v) is 2.12. The fourth-order valence-corrected chi connectivity index (χ4v) is 1.35. The van der Waals surface area contributed by atoms with Crippen molar-refractivity contribution in [2.45, 2.75) is 0 Å². The van der Waals surface area contributed by atoms with Gasteiger partial charge in [0.1, 0.15) is 0 Å². The summed E-state index contributed by atoms with van der Waals surface area (Å²) in [4.78, 5) is 10.4. The largest absolute Gasteiger partial charge is 0.369 e. The van der Waals surface area contributed by atoms with E-state index in [-0.39, 0.29) is 23.4 Å². The van der Waals surface area contributed by atoms with Crippen LogP contribution in [-0.2, 0) is 0 Å². The molecule has 0 saturated carbocycles. The zero-order valence-electron chi connectivity index (χ0n) is 7.36. The molecule has 15 heavy (non-hydrogen) atoms. The summed E-state index contributed by atoms with van der Waals surface area (Å²) in [7, 11) is 0. The highest BCUT2D eigenvalue weighted by Crippen LogP contribution is 2.22. The van der Waals surface area contributed by atoms with Crippen LogP contribution < -0.4 is 11.5 Å². The maximum absolute atomic E-state index is 10.3. The lowest BCUT2D eigenvalue weighted by molar-refractivity contribution is -0.380. The standard InChI is InChI=1S/C6H7N5O2S.ClH/c7-6(8)10-9-3-4-1-2-5(14-4)11(12)13;/h1-3H,(H4,7,8,10);1H/b9-3+;. The Balaban J connectivity index is 0.00000196. The van der Waals surface area contributed by atoms with Gasteiger partial charge in [0.25, 0.3) is 0 Å². The summed E-state index contributed by atoms with van der Waals surface area (Å²) in [6.45, 7) is 0. The van der Waals surface area contributed by atoms with Crippen molar-refractivity contribution in [2.75, 3.05) is 0 Å². The van der Waals surface area contributed by atoms with Crippen LogP contribution in [0.2, 0.25) is 0 Å². The van der Waals surface area contributed by atoms with E-state index in [0.29, 0.717) is 4.88 Å². The Labute approximate surface area is 95.0 Å². The number of nitrogens with zero attached hydrogens (tertiary/aromatic N) is 3. The first-order chi connectivity index (χ1) is 6.59. The predicted molar refractivity (Wildman–Crippen MR) is 61.6 cm³/mol. The van der Waals surface area contributed by atoms with Crippen LogP contribution in [0.5, 0.6) is 0 Å². The minimum absolute atomic E-state index is 0. The number of rotatable bonds is 3. The predicted octanol–water partition coefficient (Wildman–Crippen LogP) is 0.685. The van der Waals surface area contributed by atoms with Gasteiger partial charge < -0.3 is 11.5 Å². The average molecular weight is 250 g/mol. The second-order valence-corrected chi connectivity index (χ2v) is 3.30. The van der Waals surface area contributed by atoms with Crippen LogP contribution in [0, 0.1) is 10.1 Å². The second kappa shape index (κ2) is 5.94. The van der Waals surface area contributed by atoms with Gasteiger partial charge in [-0.15, -0.1) is 17.5 Å². The van der Waals surface area contributed by atoms with Crippen molar-refractivity contribution in [1.82, 2.24) is 0 Å². The highest BCUT2D eigenvalue weighted by molar-refractivity contribution is 7.16. The van der Waals surface area contributed by atoms with E-state index in [4.69, 9.17) is 11.5 Å². The number of nitrogens with two attached hydrogens (primary N) is 2. The van der Waals surface area contributed by atoms with Crippen LogP contribution >= 0.6 is 23.7 Å². The molecule has 0 radical (unpaired) electrons. The number of hydrogen-bond donors (Lipinski definition) is 2. The van der Waals surface area contributed by atoms with Gasteiger partial charge in [-0.25, -0.2) is 0 Å². The Bertz CT molecular complexity index is 398. The fourth-order valence-electron chi connectivity index (χ4n) is 0.662. The monoisotopic (exact) mass is 249 g/mol. The Morgan fingerprint density at radius 2 is 2.20 bits per heavy atom. The minimum atomic E-state index is -0.470. The molecule has 0 aliphatic carbocycles. The van der Waals surface area contributed by atoms with Crippen molar-refractivity contribution in [3.05, 3.63) is 27.1 Å². The summed E-state index contributed by atoms with van der Waals surface area (Å²) in [5, 5.41) is 17.2. The van der Waals surface area contributed by atoms with Crippen LogP contribution in [0.1, 0.15) is 4.88 Å². The van der Waals surface area contributed by atoms with Gasteiger partial charge in [0.2, 0.25) is 5.96 Å². The zero-order valence-corrected chi connectivity index (χ0v) is 8.99. The SMILES string of the molecule is Cl.NC(N)=N/N=C/c1ccc([N+](=O)[O-])s1. The molecule has 1 heterocycles. The first-order valence-corrected chi connectivity index (χ1v) is 4.27. The van der Waals surface area contributed by atoms with E-state index in [1.165, 1.54) is 12.3 Å². The lowest BCUT2D eigenvalue weighted by Gasteiger charge is -1.82. The van der Waals surface area contributed by atoms with Crippen molar-refractivity contribution in [3.8, 4) is 0 Å². The maximum Gasteiger partial charge on any atom is 0.324 e. The molecule has 0 atom stereocenters. The van der Waals surface area contributed by atoms with Gasteiger partial charge in [-0.3, -0.25) is 10.1 Å². The smallest absolute Gasteiger partial charge is 0.324 e. The zero-order chi connectivity index (χ0) is 10.6.